The Kier molecular flexibility index (Phi) is 8.63. The first-order valence-electron chi connectivity index (χ1n) is 8.52. The number of hydrogen-bond acceptors (Lipinski definition) is 2. The lowest BCUT2D eigenvalue weighted by Gasteiger charge is -2.27. The van der Waals surface area contributed by atoms with Crippen molar-refractivity contribution >= 4 is 0 Å². The Morgan fingerprint density at radius 3 is 2.05 bits per heavy atom. The van der Waals surface area contributed by atoms with Gasteiger partial charge in [-0.05, 0) is 42.5 Å². The molecule has 0 amide bonds. The van der Waals surface area contributed by atoms with E-state index in [4.69, 9.17) is 0 Å². The van der Waals surface area contributed by atoms with Crippen molar-refractivity contribution in [1.82, 2.24) is 10.2 Å². The van der Waals surface area contributed by atoms with Gasteiger partial charge in [0.05, 0.1) is 0 Å². The Morgan fingerprint density at radius 1 is 0.952 bits per heavy atom. The number of nitrogens with one attached hydrogen (secondary N) is 1. The molecule has 2 nitrogen and oxygen atoms in total. The van der Waals surface area contributed by atoms with E-state index in [-0.39, 0.29) is 0 Å². The third-order valence-corrected chi connectivity index (χ3v) is 3.58. The summed E-state index contributed by atoms with van der Waals surface area (Å²) in [7, 11) is 0. The molecule has 0 atom stereocenters. The summed E-state index contributed by atoms with van der Waals surface area (Å²) < 4.78 is 0. The number of rotatable bonds is 10. The maximum Gasteiger partial charge on any atom is 0.0236 e. The van der Waals surface area contributed by atoms with E-state index in [0.717, 1.165) is 37.9 Å². The highest BCUT2D eigenvalue weighted by Gasteiger charge is 2.12. The largest absolute Gasteiger partial charge is 0.317 e. The fourth-order valence-corrected chi connectivity index (χ4v) is 2.83. The van der Waals surface area contributed by atoms with Gasteiger partial charge < -0.3 is 5.32 Å². The van der Waals surface area contributed by atoms with Crippen LogP contribution in [0.15, 0.2) is 24.3 Å². The van der Waals surface area contributed by atoms with Crippen LogP contribution in [0.25, 0.3) is 0 Å². The van der Waals surface area contributed by atoms with Crippen LogP contribution in [-0.2, 0) is 13.0 Å². The van der Waals surface area contributed by atoms with Crippen LogP contribution in [0.2, 0.25) is 0 Å². The molecule has 1 rings (SSSR count). The molecular formula is C19H34N2. The normalized spacial score (nSPS) is 11.8. The van der Waals surface area contributed by atoms with Crippen molar-refractivity contribution in [3.63, 3.8) is 0 Å². The van der Waals surface area contributed by atoms with Crippen LogP contribution in [0.3, 0.4) is 0 Å². The average Bonchev–Trinajstić information content (AvgIpc) is 2.39. The molecule has 0 saturated heterocycles. The number of nitrogens with zero attached hydrogens (tertiary/aromatic N) is 1. The summed E-state index contributed by atoms with van der Waals surface area (Å²) in [5.74, 6) is 1.44. The maximum atomic E-state index is 3.43. The number of benzene rings is 1. The molecule has 120 valence electrons. The second-order valence-electron chi connectivity index (χ2n) is 6.85. The molecule has 0 aliphatic carbocycles. The molecule has 21 heavy (non-hydrogen) atoms. The Labute approximate surface area is 131 Å². The van der Waals surface area contributed by atoms with Crippen LogP contribution in [0.5, 0.6) is 0 Å². The lowest BCUT2D eigenvalue weighted by atomic mass is 10.0. The second kappa shape index (κ2) is 9.97. The van der Waals surface area contributed by atoms with Gasteiger partial charge in [-0.1, -0.05) is 58.9 Å². The van der Waals surface area contributed by atoms with Crippen molar-refractivity contribution in [2.75, 3.05) is 26.2 Å². The van der Waals surface area contributed by atoms with E-state index < -0.39 is 0 Å². The predicted octanol–water partition coefficient (Wildman–Crippen LogP) is 3.95. The lowest BCUT2D eigenvalue weighted by molar-refractivity contribution is 0.211. The predicted molar refractivity (Wildman–Crippen MR) is 93.6 cm³/mol. The van der Waals surface area contributed by atoms with Crippen molar-refractivity contribution in [2.45, 2.75) is 47.6 Å². The van der Waals surface area contributed by atoms with Gasteiger partial charge in [0.25, 0.3) is 0 Å². The third kappa shape index (κ3) is 7.63. The first-order chi connectivity index (χ1) is 10.0. The zero-order valence-corrected chi connectivity index (χ0v) is 14.7. The summed E-state index contributed by atoms with van der Waals surface area (Å²) in [4.78, 5) is 2.61. The summed E-state index contributed by atoms with van der Waals surface area (Å²) in [5.41, 5.74) is 2.99. The van der Waals surface area contributed by atoms with E-state index in [0.29, 0.717) is 0 Å². The smallest absolute Gasteiger partial charge is 0.0236 e. The van der Waals surface area contributed by atoms with E-state index in [1.54, 1.807) is 0 Å². The SMILES string of the molecule is CCNCCc1ccccc1CN(CC(C)C)CC(C)C. The van der Waals surface area contributed by atoms with Gasteiger partial charge in [-0.2, -0.15) is 0 Å². The highest BCUT2D eigenvalue weighted by Crippen LogP contribution is 2.15. The van der Waals surface area contributed by atoms with Crippen LogP contribution >= 0.6 is 0 Å². The van der Waals surface area contributed by atoms with Gasteiger partial charge in [0.1, 0.15) is 0 Å². The zero-order valence-electron chi connectivity index (χ0n) is 14.7. The quantitative estimate of drug-likeness (QED) is 0.656. The fraction of sp³-hybridized carbons (Fsp3) is 0.684. The fourth-order valence-electron chi connectivity index (χ4n) is 2.83. The molecule has 0 aliphatic heterocycles. The Balaban J connectivity index is 2.72. The zero-order chi connectivity index (χ0) is 15.7. The molecule has 0 spiro atoms. The van der Waals surface area contributed by atoms with E-state index in [1.807, 2.05) is 0 Å². The molecule has 2 heteroatoms. The van der Waals surface area contributed by atoms with Crippen molar-refractivity contribution < 1.29 is 0 Å². The summed E-state index contributed by atoms with van der Waals surface area (Å²) >= 11 is 0. The van der Waals surface area contributed by atoms with E-state index in [9.17, 15) is 0 Å². The van der Waals surface area contributed by atoms with Crippen molar-refractivity contribution in [1.29, 1.82) is 0 Å². The molecule has 1 N–H and O–H groups in total. The van der Waals surface area contributed by atoms with Gasteiger partial charge in [-0.3, -0.25) is 4.90 Å². The minimum Gasteiger partial charge on any atom is -0.317 e. The summed E-state index contributed by atoms with van der Waals surface area (Å²) in [6.07, 6.45) is 1.13. The number of hydrogen-bond donors (Lipinski definition) is 1. The molecule has 0 bridgehead atoms. The topological polar surface area (TPSA) is 15.3 Å². The molecule has 0 aliphatic rings. The standard InChI is InChI=1S/C19H34N2/c1-6-20-12-11-18-9-7-8-10-19(18)15-21(13-16(2)3)14-17(4)5/h7-10,16-17,20H,6,11-15H2,1-5H3. The van der Waals surface area contributed by atoms with Gasteiger partial charge in [0, 0.05) is 19.6 Å². The third-order valence-electron chi connectivity index (χ3n) is 3.58. The van der Waals surface area contributed by atoms with Crippen molar-refractivity contribution in [3.05, 3.63) is 35.4 Å². The summed E-state index contributed by atoms with van der Waals surface area (Å²) in [5, 5.41) is 3.43. The molecule has 0 saturated carbocycles. The Bertz CT molecular complexity index is 375. The first kappa shape index (κ1) is 18.2. The molecular weight excluding hydrogens is 256 g/mol. The highest BCUT2D eigenvalue weighted by molar-refractivity contribution is 5.27. The summed E-state index contributed by atoms with van der Waals surface area (Å²) in [6.45, 7) is 17.0. The number of likely N-dealkylation sites (N-methyl/N-ethyl adjacent to an activating group) is 1. The van der Waals surface area contributed by atoms with Crippen LogP contribution in [-0.4, -0.2) is 31.1 Å². The minimum absolute atomic E-state index is 0.720. The highest BCUT2D eigenvalue weighted by atomic mass is 15.1. The van der Waals surface area contributed by atoms with Crippen molar-refractivity contribution in [2.24, 2.45) is 11.8 Å². The van der Waals surface area contributed by atoms with Gasteiger partial charge >= 0.3 is 0 Å². The van der Waals surface area contributed by atoms with Crippen molar-refractivity contribution in [3.8, 4) is 0 Å². The molecule has 0 aromatic heterocycles. The van der Waals surface area contributed by atoms with Gasteiger partial charge in [0.2, 0.25) is 0 Å². The second-order valence-corrected chi connectivity index (χ2v) is 6.85. The van der Waals surface area contributed by atoms with E-state index in [1.165, 1.54) is 24.2 Å². The van der Waals surface area contributed by atoms with Gasteiger partial charge in [-0.25, -0.2) is 0 Å². The van der Waals surface area contributed by atoms with Crippen LogP contribution in [0, 0.1) is 11.8 Å². The van der Waals surface area contributed by atoms with Crippen LogP contribution in [0.4, 0.5) is 0 Å². The van der Waals surface area contributed by atoms with Crippen LogP contribution in [0.1, 0.15) is 45.7 Å². The molecule has 0 heterocycles. The van der Waals surface area contributed by atoms with Gasteiger partial charge in [-0.15, -0.1) is 0 Å². The first-order valence-corrected chi connectivity index (χ1v) is 8.52. The molecule has 0 fully saturated rings. The van der Waals surface area contributed by atoms with Gasteiger partial charge in [0.15, 0.2) is 0 Å². The lowest BCUT2D eigenvalue weighted by Crippen LogP contribution is -2.31. The molecule has 1 aromatic carbocycles. The monoisotopic (exact) mass is 290 g/mol. The Hall–Kier alpha value is -0.860. The molecule has 1 aromatic rings. The minimum atomic E-state index is 0.720. The van der Waals surface area contributed by atoms with E-state index >= 15 is 0 Å². The maximum absolute atomic E-state index is 3.43. The molecule has 0 radical (unpaired) electrons. The average molecular weight is 290 g/mol. The Morgan fingerprint density at radius 2 is 1.52 bits per heavy atom. The summed E-state index contributed by atoms with van der Waals surface area (Å²) in [6, 6.07) is 8.93. The van der Waals surface area contributed by atoms with Crippen LogP contribution < -0.4 is 5.32 Å². The van der Waals surface area contributed by atoms with E-state index in [2.05, 4.69) is 69.1 Å². The molecule has 0 unspecified atom stereocenters.